The molecule has 7 heteroatoms. The van der Waals surface area contributed by atoms with Gasteiger partial charge in [0.05, 0.1) is 7.11 Å². The lowest BCUT2D eigenvalue weighted by Crippen LogP contribution is -2.03. The molecular weight excluding hydrogens is 200 g/mol. The van der Waals surface area contributed by atoms with E-state index in [1.165, 1.54) is 0 Å². The van der Waals surface area contributed by atoms with Crippen LogP contribution in [0.4, 0.5) is 10.7 Å². The van der Waals surface area contributed by atoms with Crippen molar-refractivity contribution in [1.29, 1.82) is 0 Å². The third kappa shape index (κ3) is 4.65. The topological polar surface area (TPSA) is 124 Å². The summed E-state index contributed by atoms with van der Waals surface area (Å²) in [6.07, 6.45) is -1.33. The molecule has 7 nitrogen and oxygen atoms in total. The van der Waals surface area contributed by atoms with E-state index in [0.717, 1.165) is 11.3 Å². The molecule has 1 heterocycles. The van der Waals surface area contributed by atoms with Gasteiger partial charge in [0.1, 0.15) is 0 Å². The van der Waals surface area contributed by atoms with Crippen LogP contribution in [-0.2, 0) is 0 Å². The Hall–Kier alpha value is -2.05. The molecule has 0 saturated carbocycles. The second-order valence-electron chi connectivity index (χ2n) is 2.64. The summed E-state index contributed by atoms with van der Waals surface area (Å²) in [7, 11) is 1.56. The quantitative estimate of drug-likeness (QED) is 0.617. The molecule has 1 aromatic heterocycles. The first-order chi connectivity index (χ1) is 6.88. The van der Waals surface area contributed by atoms with Gasteiger partial charge in [0.25, 0.3) is 0 Å². The van der Waals surface area contributed by atoms with E-state index < -0.39 is 6.09 Å². The fourth-order valence-electron chi connectivity index (χ4n) is 0.822. The number of aryl methyl sites for hydroxylation is 1. The lowest BCUT2D eigenvalue weighted by Gasteiger charge is -2.05. The lowest BCUT2D eigenvalue weighted by molar-refractivity contribution is 0.205. The summed E-state index contributed by atoms with van der Waals surface area (Å²) in [5.74, 6) is 0.806. The highest BCUT2D eigenvalue weighted by Gasteiger charge is 2.04. The van der Waals surface area contributed by atoms with Gasteiger partial charge in [0.2, 0.25) is 11.8 Å². The molecule has 0 radical (unpaired) electrons. The Bertz CT molecular complexity index is 350. The standard InChI is InChI=1S/C7H11N3O.CH3NO2/c1-4-5(2)9-7(8)10-6(4)11-3;2-1(3)4/h1-3H3,(H2,8,9,10);2H2,(H,3,4). The zero-order valence-electron chi connectivity index (χ0n) is 8.81. The minimum Gasteiger partial charge on any atom is -0.481 e. The summed E-state index contributed by atoms with van der Waals surface area (Å²) >= 11 is 0. The van der Waals surface area contributed by atoms with Crippen LogP contribution in [0.2, 0.25) is 0 Å². The molecule has 1 rings (SSSR count). The highest BCUT2D eigenvalue weighted by atomic mass is 16.5. The van der Waals surface area contributed by atoms with Crippen molar-refractivity contribution < 1.29 is 14.6 Å². The number of amides is 1. The molecule has 0 bridgehead atoms. The Morgan fingerprint density at radius 3 is 2.27 bits per heavy atom. The van der Waals surface area contributed by atoms with Crippen LogP contribution in [0, 0.1) is 13.8 Å². The average molecular weight is 214 g/mol. The van der Waals surface area contributed by atoms with E-state index in [1.54, 1.807) is 7.11 Å². The zero-order valence-corrected chi connectivity index (χ0v) is 8.81. The molecule has 0 atom stereocenters. The number of ether oxygens (including phenoxy) is 1. The summed E-state index contributed by atoms with van der Waals surface area (Å²) in [5.41, 5.74) is 11.2. The van der Waals surface area contributed by atoms with Gasteiger partial charge in [0, 0.05) is 11.3 Å². The zero-order chi connectivity index (χ0) is 12.0. The van der Waals surface area contributed by atoms with Crippen molar-refractivity contribution in [3.05, 3.63) is 11.3 Å². The smallest absolute Gasteiger partial charge is 0.402 e. The Kier molecular flexibility index (Phi) is 4.86. The van der Waals surface area contributed by atoms with Gasteiger partial charge in [0.15, 0.2) is 0 Å². The van der Waals surface area contributed by atoms with Crippen molar-refractivity contribution in [2.24, 2.45) is 5.73 Å². The first-order valence-corrected chi connectivity index (χ1v) is 4.01. The molecule has 0 fully saturated rings. The average Bonchev–Trinajstić information content (AvgIpc) is 2.10. The molecule has 0 aliphatic rings. The first-order valence-electron chi connectivity index (χ1n) is 4.01. The Morgan fingerprint density at radius 2 is 1.87 bits per heavy atom. The summed E-state index contributed by atoms with van der Waals surface area (Å²) < 4.78 is 4.98. The monoisotopic (exact) mass is 214 g/mol. The maximum Gasteiger partial charge on any atom is 0.402 e. The number of primary amides is 1. The molecule has 0 saturated heterocycles. The fourth-order valence-corrected chi connectivity index (χ4v) is 0.822. The van der Waals surface area contributed by atoms with Crippen LogP contribution in [0.5, 0.6) is 5.88 Å². The predicted octanol–water partition coefficient (Wildman–Crippen LogP) is 0.307. The van der Waals surface area contributed by atoms with Crippen molar-refractivity contribution in [2.75, 3.05) is 12.8 Å². The first kappa shape index (κ1) is 12.9. The normalized spacial score (nSPS) is 8.73. The summed E-state index contributed by atoms with van der Waals surface area (Å²) in [6, 6.07) is 0. The number of rotatable bonds is 1. The fraction of sp³-hybridized carbons (Fsp3) is 0.375. The van der Waals surface area contributed by atoms with E-state index >= 15 is 0 Å². The predicted molar refractivity (Wildman–Crippen MR) is 54.7 cm³/mol. The van der Waals surface area contributed by atoms with Gasteiger partial charge in [-0.2, -0.15) is 4.98 Å². The van der Waals surface area contributed by atoms with Gasteiger partial charge >= 0.3 is 6.09 Å². The van der Waals surface area contributed by atoms with Crippen molar-refractivity contribution >= 4 is 12.0 Å². The van der Waals surface area contributed by atoms with Crippen LogP contribution in [0.1, 0.15) is 11.3 Å². The number of hydrogen-bond donors (Lipinski definition) is 3. The SMILES string of the molecule is COc1nc(N)nc(C)c1C.NC(=O)O. The molecular formula is C8H14N4O3. The summed E-state index contributed by atoms with van der Waals surface area (Å²) in [6.45, 7) is 3.77. The van der Waals surface area contributed by atoms with Gasteiger partial charge in [-0.25, -0.2) is 9.78 Å². The minimum atomic E-state index is -1.33. The van der Waals surface area contributed by atoms with Crippen molar-refractivity contribution in [1.82, 2.24) is 9.97 Å². The number of nitrogens with two attached hydrogens (primary N) is 2. The van der Waals surface area contributed by atoms with Crippen LogP contribution >= 0.6 is 0 Å². The summed E-state index contributed by atoms with van der Waals surface area (Å²) in [4.78, 5) is 16.6. The van der Waals surface area contributed by atoms with Crippen molar-refractivity contribution in [3.8, 4) is 5.88 Å². The van der Waals surface area contributed by atoms with Crippen LogP contribution in [0.15, 0.2) is 0 Å². The molecule has 1 aromatic rings. The van der Waals surface area contributed by atoms with E-state index in [1.807, 2.05) is 13.8 Å². The van der Waals surface area contributed by atoms with E-state index in [4.69, 9.17) is 20.4 Å². The molecule has 0 unspecified atom stereocenters. The van der Waals surface area contributed by atoms with E-state index in [0.29, 0.717) is 5.88 Å². The molecule has 1 amide bonds. The molecule has 0 aliphatic heterocycles. The number of methoxy groups -OCH3 is 1. The van der Waals surface area contributed by atoms with Crippen LogP contribution in [-0.4, -0.2) is 28.3 Å². The second-order valence-corrected chi connectivity index (χ2v) is 2.64. The number of aromatic nitrogens is 2. The molecule has 0 aromatic carbocycles. The number of carboxylic acid groups (broad SMARTS) is 1. The largest absolute Gasteiger partial charge is 0.481 e. The maximum absolute atomic E-state index is 8.78. The Morgan fingerprint density at radius 1 is 1.40 bits per heavy atom. The molecule has 0 aliphatic carbocycles. The van der Waals surface area contributed by atoms with Crippen molar-refractivity contribution in [3.63, 3.8) is 0 Å². The van der Waals surface area contributed by atoms with Crippen LogP contribution in [0.3, 0.4) is 0 Å². The van der Waals surface area contributed by atoms with Gasteiger partial charge in [-0.3, -0.25) is 0 Å². The van der Waals surface area contributed by atoms with Gasteiger partial charge in [-0.15, -0.1) is 0 Å². The number of hydrogen-bond acceptors (Lipinski definition) is 5. The van der Waals surface area contributed by atoms with Crippen LogP contribution in [0.25, 0.3) is 0 Å². The van der Waals surface area contributed by atoms with E-state index in [9.17, 15) is 0 Å². The Balaban J connectivity index is 0.000000423. The molecule has 0 spiro atoms. The van der Waals surface area contributed by atoms with Crippen LogP contribution < -0.4 is 16.2 Å². The van der Waals surface area contributed by atoms with Gasteiger partial charge in [-0.05, 0) is 13.8 Å². The van der Waals surface area contributed by atoms with E-state index in [-0.39, 0.29) is 5.95 Å². The van der Waals surface area contributed by atoms with E-state index in [2.05, 4.69) is 15.7 Å². The number of nitrogens with zero attached hydrogens (tertiary/aromatic N) is 2. The number of anilines is 1. The summed E-state index contributed by atoms with van der Waals surface area (Å²) in [5, 5.41) is 7.19. The third-order valence-electron chi connectivity index (χ3n) is 1.56. The number of nitrogen functional groups attached to an aromatic ring is 1. The number of carbonyl (C=O) groups is 1. The van der Waals surface area contributed by atoms with Gasteiger partial charge in [-0.1, -0.05) is 0 Å². The second kappa shape index (κ2) is 5.63. The van der Waals surface area contributed by atoms with Crippen molar-refractivity contribution in [2.45, 2.75) is 13.8 Å². The minimum absolute atomic E-state index is 0.255. The highest BCUT2D eigenvalue weighted by molar-refractivity contribution is 5.61. The maximum atomic E-state index is 8.78. The lowest BCUT2D eigenvalue weighted by atomic mass is 10.3. The molecule has 84 valence electrons. The molecule has 5 N–H and O–H groups in total. The molecule has 15 heavy (non-hydrogen) atoms. The highest BCUT2D eigenvalue weighted by Crippen LogP contribution is 2.16. The third-order valence-corrected chi connectivity index (χ3v) is 1.56. The van der Waals surface area contributed by atoms with Gasteiger partial charge < -0.3 is 21.3 Å². The Labute approximate surface area is 87.1 Å².